The molecule has 0 radical (unpaired) electrons. The number of likely N-dealkylation sites (N-methyl/N-ethyl adjacent to an activating group) is 1. The normalized spacial score (nSPS) is 12.2. The van der Waals surface area contributed by atoms with Crippen LogP contribution in [0.2, 0.25) is 0 Å². The van der Waals surface area contributed by atoms with Crippen LogP contribution in [-0.2, 0) is 24.7 Å². The number of Topliss-reactive ketones (excluding diaryl/α,β-unsaturated/α-hetero) is 1. The zero-order chi connectivity index (χ0) is 15.5. The molecule has 0 amide bonds. The predicted octanol–water partition coefficient (Wildman–Crippen LogP) is 2.98. The fourth-order valence-corrected chi connectivity index (χ4v) is 3.61. The number of aromatic nitrogens is 2. The average molecular weight is 344 g/mol. The van der Waals surface area contributed by atoms with Gasteiger partial charge in [0.05, 0.1) is 27.8 Å². The molecule has 0 N–H and O–H groups in total. The van der Waals surface area contributed by atoms with E-state index < -0.39 is 0 Å². The summed E-state index contributed by atoms with van der Waals surface area (Å²) in [6.45, 7) is 6.23. The minimum absolute atomic E-state index is 0.263. The zero-order valence-electron chi connectivity index (χ0n) is 13.5. The highest BCUT2D eigenvalue weighted by atomic mass is 79.9. The van der Waals surface area contributed by atoms with Crippen LogP contribution in [0.4, 0.5) is 0 Å². The van der Waals surface area contributed by atoms with Gasteiger partial charge in [0.2, 0.25) is 0 Å². The molecule has 0 atom stereocenters. The summed E-state index contributed by atoms with van der Waals surface area (Å²) in [5, 5.41) is 4.46. The summed E-state index contributed by atoms with van der Waals surface area (Å²) in [6, 6.07) is 0. The van der Waals surface area contributed by atoms with E-state index in [2.05, 4.69) is 46.7 Å². The van der Waals surface area contributed by atoms with Gasteiger partial charge in [-0.25, -0.2) is 0 Å². The molecule has 0 fully saturated rings. The summed E-state index contributed by atoms with van der Waals surface area (Å²) < 4.78 is 2.81. The molecule has 1 heterocycles. The molecule has 0 saturated heterocycles. The molecule has 0 spiro atoms. The molecule has 5 heteroatoms. The number of ketones is 1. The highest BCUT2D eigenvalue weighted by Crippen LogP contribution is 2.28. The van der Waals surface area contributed by atoms with E-state index in [1.54, 1.807) is 0 Å². The minimum Gasteiger partial charge on any atom is -0.297 e. The van der Waals surface area contributed by atoms with Crippen molar-refractivity contribution in [3.8, 4) is 0 Å². The van der Waals surface area contributed by atoms with Crippen LogP contribution >= 0.6 is 15.9 Å². The number of hydrogen-bond donors (Lipinski definition) is 0. The fourth-order valence-electron chi connectivity index (χ4n) is 2.85. The number of hydrogen-bond acceptors (Lipinski definition) is 3. The SMILES string of the molecule is CCc1nn(C)c(CC(=O)C(CC)(CC)N(C)C)c1Br. The lowest BCUT2D eigenvalue weighted by Gasteiger charge is -2.37. The van der Waals surface area contributed by atoms with E-state index in [-0.39, 0.29) is 11.3 Å². The van der Waals surface area contributed by atoms with E-state index in [9.17, 15) is 4.79 Å². The first kappa shape index (κ1) is 17.4. The Kier molecular flexibility index (Phi) is 5.95. The molecule has 114 valence electrons. The molecule has 0 aliphatic heterocycles. The second-order valence-electron chi connectivity index (χ2n) is 5.42. The number of carbonyl (C=O) groups is 1. The molecule has 0 aliphatic carbocycles. The Morgan fingerprint density at radius 3 is 2.20 bits per heavy atom. The number of carbonyl (C=O) groups excluding carboxylic acids is 1. The molecule has 1 rings (SSSR count). The van der Waals surface area contributed by atoms with E-state index in [1.807, 2.05) is 25.8 Å². The Morgan fingerprint density at radius 1 is 1.30 bits per heavy atom. The lowest BCUT2D eigenvalue weighted by atomic mass is 9.84. The second kappa shape index (κ2) is 6.85. The molecular weight excluding hydrogens is 318 g/mol. The molecule has 1 aromatic heterocycles. The van der Waals surface area contributed by atoms with Gasteiger partial charge in [-0.1, -0.05) is 20.8 Å². The van der Waals surface area contributed by atoms with Crippen LogP contribution in [0.25, 0.3) is 0 Å². The van der Waals surface area contributed by atoms with Gasteiger partial charge in [-0.05, 0) is 49.3 Å². The summed E-state index contributed by atoms with van der Waals surface area (Å²) in [5.41, 5.74) is 1.61. The molecule has 20 heavy (non-hydrogen) atoms. The van der Waals surface area contributed by atoms with Gasteiger partial charge in [0, 0.05) is 7.05 Å². The molecule has 0 aliphatic rings. The third kappa shape index (κ3) is 2.98. The topological polar surface area (TPSA) is 38.1 Å². The van der Waals surface area contributed by atoms with Crippen LogP contribution in [0.15, 0.2) is 4.47 Å². The van der Waals surface area contributed by atoms with Crippen molar-refractivity contribution in [2.75, 3.05) is 14.1 Å². The lowest BCUT2D eigenvalue weighted by Crippen LogP contribution is -2.51. The third-order valence-corrected chi connectivity index (χ3v) is 5.29. The quantitative estimate of drug-likeness (QED) is 0.763. The van der Waals surface area contributed by atoms with Gasteiger partial charge >= 0.3 is 0 Å². The van der Waals surface area contributed by atoms with Crippen molar-refractivity contribution >= 4 is 21.7 Å². The van der Waals surface area contributed by atoms with Crippen molar-refractivity contribution in [2.45, 2.75) is 52.0 Å². The lowest BCUT2D eigenvalue weighted by molar-refractivity contribution is -0.129. The summed E-state index contributed by atoms with van der Waals surface area (Å²) >= 11 is 3.59. The Hall–Kier alpha value is -0.680. The van der Waals surface area contributed by atoms with Crippen molar-refractivity contribution in [3.05, 3.63) is 15.9 Å². The molecule has 0 saturated carbocycles. The van der Waals surface area contributed by atoms with Crippen molar-refractivity contribution in [1.82, 2.24) is 14.7 Å². The van der Waals surface area contributed by atoms with E-state index in [1.165, 1.54) is 0 Å². The maximum atomic E-state index is 12.8. The smallest absolute Gasteiger partial charge is 0.158 e. The van der Waals surface area contributed by atoms with Gasteiger partial charge in [0.1, 0.15) is 0 Å². The maximum Gasteiger partial charge on any atom is 0.158 e. The Bertz CT molecular complexity index is 476. The molecule has 0 unspecified atom stereocenters. The summed E-state index contributed by atoms with van der Waals surface area (Å²) in [6.07, 6.45) is 2.93. The molecule has 0 bridgehead atoms. The zero-order valence-corrected chi connectivity index (χ0v) is 15.0. The third-order valence-electron chi connectivity index (χ3n) is 4.38. The van der Waals surface area contributed by atoms with Crippen LogP contribution < -0.4 is 0 Å². The van der Waals surface area contributed by atoms with Crippen LogP contribution in [0, 0.1) is 0 Å². The average Bonchev–Trinajstić information content (AvgIpc) is 2.68. The van der Waals surface area contributed by atoms with Crippen molar-refractivity contribution in [1.29, 1.82) is 0 Å². The molecule has 0 aromatic carbocycles. The first-order valence-corrected chi connectivity index (χ1v) is 8.04. The number of nitrogens with zero attached hydrogens (tertiary/aromatic N) is 3. The standard InChI is InChI=1S/C15H26BrN3O/c1-7-11-14(16)12(19(6)17-11)10-13(20)15(8-2,9-3)18(4)5/h7-10H2,1-6H3. The summed E-state index contributed by atoms with van der Waals surface area (Å²) in [5.74, 6) is 0.263. The van der Waals surface area contributed by atoms with Crippen LogP contribution in [0.1, 0.15) is 45.0 Å². The van der Waals surface area contributed by atoms with E-state index >= 15 is 0 Å². The van der Waals surface area contributed by atoms with Gasteiger partial charge in [-0.3, -0.25) is 14.4 Å². The van der Waals surface area contributed by atoms with Crippen molar-refractivity contribution < 1.29 is 4.79 Å². The molecule has 4 nitrogen and oxygen atoms in total. The van der Waals surface area contributed by atoms with Crippen molar-refractivity contribution in [3.63, 3.8) is 0 Å². The van der Waals surface area contributed by atoms with Crippen LogP contribution in [0.5, 0.6) is 0 Å². The van der Waals surface area contributed by atoms with Crippen LogP contribution in [-0.4, -0.2) is 40.1 Å². The largest absolute Gasteiger partial charge is 0.297 e. The van der Waals surface area contributed by atoms with Gasteiger partial charge in [-0.15, -0.1) is 0 Å². The molecular formula is C15H26BrN3O. The Morgan fingerprint density at radius 2 is 1.85 bits per heavy atom. The fraction of sp³-hybridized carbons (Fsp3) is 0.733. The minimum atomic E-state index is -0.379. The maximum absolute atomic E-state index is 12.8. The van der Waals surface area contributed by atoms with Gasteiger partial charge < -0.3 is 0 Å². The predicted molar refractivity (Wildman–Crippen MR) is 86.0 cm³/mol. The van der Waals surface area contributed by atoms with E-state index in [4.69, 9.17) is 0 Å². The van der Waals surface area contributed by atoms with Crippen molar-refractivity contribution in [2.24, 2.45) is 7.05 Å². The Labute approximate surface area is 130 Å². The summed E-state index contributed by atoms with van der Waals surface area (Å²) in [4.78, 5) is 14.9. The number of halogens is 1. The van der Waals surface area contributed by atoms with Crippen LogP contribution in [0.3, 0.4) is 0 Å². The second-order valence-corrected chi connectivity index (χ2v) is 6.21. The van der Waals surface area contributed by atoms with E-state index in [0.717, 1.165) is 35.1 Å². The first-order chi connectivity index (χ1) is 9.33. The first-order valence-electron chi connectivity index (χ1n) is 7.24. The number of rotatable bonds is 7. The highest BCUT2D eigenvalue weighted by molar-refractivity contribution is 9.10. The Balaban J connectivity index is 3.09. The van der Waals surface area contributed by atoms with Gasteiger partial charge in [0.15, 0.2) is 5.78 Å². The van der Waals surface area contributed by atoms with Gasteiger partial charge in [0.25, 0.3) is 0 Å². The highest BCUT2D eigenvalue weighted by Gasteiger charge is 2.37. The monoisotopic (exact) mass is 343 g/mol. The molecule has 1 aromatic rings. The van der Waals surface area contributed by atoms with Gasteiger partial charge in [-0.2, -0.15) is 5.10 Å². The number of aryl methyl sites for hydroxylation is 2. The summed E-state index contributed by atoms with van der Waals surface area (Å²) in [7, 11) is 5.88. The van der Waals surface area contributed by atoms with E-state index in [0.29, 0.717) is 6.42 Å².